The Balaban J connectivity index is 1.61. The zero-order valence-electron chi connectivity index (χ0n) is 21.9. The lowest BCUT2D eigenvalue weighted by Gasteiger charge is -2.22. The van der Waals surface area contributed by atoms with Gasteiger partial charge in [0.1, 0.15) is 5.01 Å². The molecule has 0 spiro atoms. The number of aromatic nitrogens is 2. The molecular formula is C33H32N2S. The van der Waals surface area contributed by atoms with Crippen molar-refractivity contribution in [1.82, 2.24) is 9.97 Å². The summed E-state index contributed by atoms with van der Waals surface area (Å²) in [6.07, 6.45) is 0. The summed E-state index contributed by atoms with van der Waals surface area (Å²) in [4.78, 5) is 8.63. The molecule has 180 valence electrons. The van der Waals surface area contributed by atoms with E-state index in [2.05, 4.69) is 119 Å². The van der Waals surface area contributed by atoms with Crippen molar-refractivity contribution < 1.29 is 0 Å². The lowest BCUT2D eigenvalue weighted by atomic mass is 9.82. The van der Waals surface area contributed by atoms with Gasteiger partial charge in [-0.3, -0.25) is 0 Å². The molecule has 0 bridgehead atoms. The molecule has 1 N–H and O–H groups in total. The Morgan fingerprint density at radius 3 is 2.08 bits per heavy atom. The number of nitrogens with one attached hydrogen (secondary N) is 1. The molecule has 0 aliphatic carbocycles. The van der Waals surface area contributed by atoms with Crippen LogP contribution in [0.1, 0.15) is 52.7 Å². The van der Waals surface area contributed by atoms with Crippen LogP contribution in [0.25, 0.3) is 53.7 Å². The second-order valence-corrected chi connectivity index (χ2v) is 12.9. The Kier molecular flexibility index (Phi) is 5.14. The van der Waals surface area contributed by atoms with Gasteiger partial charge in [0, 0.05) is 11.3 Å². The Morgan fingerprint density at radius 2 is 1.33 bits per heavy atom. The van der Waals surface area contributed by atoms with E-state index in [1.54, 1.807) is 11.3 Å². The number of aromatic amines is 1. The van der Waals surface area contributed by atoms with E-state index in [0.717, 1.165) is 21.9 Å². The summed E-state index contributed by atoms with van der Waals surface area (Å²) in [5, 5.41) is 6.14. The van der Waals surface area contributed by atoms with Gasteiger partial charge < -0.3 is 4.98 Å². The van der Waals surface area contributed by atoms with E-state index >= 15 is 0 Å². The van der Waals surface area contributed by atoms with Gasteiger partial charge in [-0.1, -0.05) is 84.0 Å². The Hall–Kier alpha value is -3.43. The zero-order chi connectivity index (χ0) is 25.2. The Bertz CT molecular complexity index is 1720. The molecule has 6 rings (SSSR count). The molecule has 0 saturated carbocycles. The van der Waals surface area contributed by atoms with Crippen LogP contribution in [0.5, 0.6) is 0 Å². The molecule has 0 aliphatic heterocycles. The summed E-state index contributed by atoms with van der Waals surface area (Å²) in [7, 11) is 0. The predicted octanol–water partition coefficient (Wildman–Crippen LogP) is 9.86. The lowest BCUT2D eigenvalue weighted by Crippen LogP contribution is -2.11. The van der Waals surface area contributed by atoms with Crippen LogP contribution in [-0.2, 0) is 10.8 Å². The predicted molar refractivity (Wildman–Crippen MR) is 157 cm³/mol. The highest BCUT2D eigenvalue weighted by atomic mass is 32.1. The van der Waals surface area contributed by atoms with E-state index in [1.165, 1.54) is 42.9 Å². The first-order valence-electron chi connectivity index (χ1n) is 12.6. The fourth-order valence-electron chi connectivity index (χ4n) is 5.00. The Labute approximate surface area is 217 Å². The van der Waals surface area contributed by atoms with Crippen LogP contribution in [-0.4, -0.2) is 9.97 Å². The molecule has 4 aromatic carbocycles. The molecule has 0 aliphatic rings. The molecule has 6 aromatic rings. The molecule has 0 saturated heterocycles. The number of hydrogen-bond donors (Lipinski definition) is 1. The van der Waals surface area contributed by atoms with Gasteiger partial charge in [0.2, 0.25) is 0 Å². The van der Waals surface area contributed by atoms with Gasteiger partial charge in [-0.25, -0.2) is 4.98 Å². The Morgan fingerprint density at radius 1 is 0.639 bits per heavy atom. The standard InChI is InChI=1S/C33H32N2S/c1-32(2,3)22-13-14-24-21(18-22)17-20-11-12-23(33(4,5)6)19-25(20)30(24)27-15-16-28(34-27)31-35-26-9-7-8-10-29(26)36-31/h7-19,34H,1-6H3. The zero-order valence-corrected chi connectivity index (χ0v) is 22.7. The highest BCUT2D eigenvalue weighted by Gasteiger charge is 2.20. The summed E-state index contributed by atoms with van der Waals surface area (Å²) in [6.45, 7) is 13.7. The average Bonchev–Trinajstić information content (AvgIpc) is 3.47. The van der Waals surface area contributed by atoms with Crippen molar-refractivity contribution in [1.29, 1.82) is 0 Å². The van der Waals surface area contributed by atoms with Gasteiger partial charge in [0.25, 0.3) is 0 Å². The third-order valence-corrected chi connectivity index (χ3v) is 8.24. The second-order valence-electron chi connectivity index (χ2n) is 11.9. The summed E-state index contributed by atoms with van der Waals surface area (Å²) in [5.74, 6) is 0. The van der Waals surface area contributed by atoms with E-state index in [-0.39, 0.29) is 10.8 Å². The van der Waals surface area contributed by atoms with Gasteiger partial charge in [0.15, 0.2) is 0 Å². The maximum atomic E-state index is 4.89. The number of rotatable bonds is 2. The van der Waals surface area contributed by atoms with Crippen molar-refractivity contribution in [2.45, 2.75) is 52.4 Å². The highest BCUT2D eigenvalue weighted by Crippen LogP contribution is 2.41. The van der Waals surface area contributed by atoms with Crippen molar-refractivity contribution in [2.75, 3.05) is 0 Å². The third-order valence-electron chi connectivity index (χ3n) is 7.17. The first kappa shape index (κ1) is 23.0. The van der Waals surface area contributed by atoms with Gasteiger partial charge in [-0.15, -0.1) is 11.3 Å². The number of fused-ring (bicyclic) bond motifs is 3. The first-order valence-corrected chi connectivity index (χ1v) is 13.5. The summed E-state index contributed by atoms with van der Waals surface area (Å²) < 4.78 is 1.21. The lowest BCUT2D eigenvalue weighted by molar-refractivity contribution is 0.590. The van der Waals surface area contributed by atoms with Crippen molar-refractivity contribution in [3.63, 3.8) is 0 Å². The SMILES string of the molecule is CC(C)(C)c1ccc2c(-c3ccc(-c4nc5ccccc5s4)[nH]3)c3cc(C(C)(C)C)ccc3cc2c1. The van der Waals surface area contributed by atoms with E-state index in [4.69, 9.17) is 4.98 Å². The van der Waals surface area contributed by atoms with Crippen LogP contribution in [0.15, 0.2) is 78.9 Å². The second kappa shape index (κ2) is 8.04. The number of hydrogen-bond acceptors (Lipinski definition) is 2. The number of nitrogens with zero attached hydrogens (tertiary/aromatic N) is 1. The quantitative estimate of drug-likeness (QED) is 0.241. The number of H-pyrrole nitrogens is 1. The van der Waals surface area contributed by atoms with Crippen molar-refractivity contribution in [3.05, 3.63) is 90.0 Å². The third kappa shape index (κ3) is 3.92. The van der Waals surface area contributed by atoms with Gasteiger partial charge in [-0.05, 0) is 79.9 Å². The molecule has 2 heterocycles. The van der Waals surface area contributed by atoms with Crippen molar-refractivity contribution >= 4 is 43.1 Å². The van der Waals surface area contributed by atoms with Crippen LogP contribution < -0.4 is 0 Å². The minimum Gasteiger partial charge on any atom is -0.353 e. The smallest absolute Gasteiger partial charge is 0.140 e. The van der Waals surface area contributed by atoms with Crippen LogP contribution in [0.4, 0.5) is 0 Å². The minimum absolute atomic E-state index is 0.0817. The summed E-state index contributed by atoms with van der Waals surface area (Å²) >= 11 is 1.73. The normalized spacial score (nSPS) is 12.7. The van der Waals surface area contributed by atoms with E-state index in [9.17, 15) is 0 Å². The summed E-state index contributed by atoms with van der Waals surface area (Å²) in [6, 6.07) is 29.0. The first-order chi connectivity index (χ1) is 17.1. The van der Waals surface area contributed by atoms with E-state index < -0.39 is 0 Å². The monoisotopic (exact) mass is 488 g/mol. The van der Waals surface area contributed by atoms with Crippen LogP contribution in [0.2, 0.25) is 0 Å². The van der Waals surface area contributed by atoms with Crippen LogP contribution in [0.3, 0.4) is 0 Å². The van der Waals surface area contributed by atoms with Gasteiger partial charge >= 0.3 is 0 Å². The fourth-order valence-corrected chi connectivity index (χ4v) is 5.94. The van der Waals surface area contributed by atoms with Gasteiger partial charge in [0.05, 0.1) is 15.9 Å². The minimum atomic E-state index is 0.0817. The number of para-hydroxylation sites is 1. The maximum absolute atomic E-state index is 4.89. The molecule has 3 heteroatoms. The number of benzene rings is 4. The van der Waals surface area contributed by atoms with E-state index in [0.29, 0.717) is 0 Å². The average molecular weight is 489 g/mol. The molecule has 2 nitrogen and oxygen atoms in total. The van der Waals surface area contributed by atoms with Crippen molar-refractivity contribution in [3.8, 4) is 22.0 Å². The largest absolute Gasteiger partial charge is 0.353 e. The molecule has 2 aromatic heterocycles. The molecule has 0 fully saturated rings. The topological polar surface area (TPSA) is 28.7 Å². The van der Waals surface area contributed by atoms with Crippen LogP contribution in [0, 0.1) is 0 Å². The van der Waals surface area contributed by atoms with Gasteiger partial charge in [-0.2, -0.15) is 0 Å². The van der Waals surface area contributed by atoms with E-state index in [1.807, 2.05) is 6.07 Å². The number of thiazole rings is 1. The maximum Gasteiger partial charge on any atom is 0.140 e. The molecule has 0 amide bonds. The molecule has 0 radical (unpaired) electrons. The van der Waals surface area contributed by atoms with Crippen molar-refractivity contribution in [2.24, 2.45) is 0 Å². The van der Waals surface area contributed by atoms with Crippen LogP contribution >= 0.6 is 11.3 Å². The highest BCUT2D eigenvalue weighted by molar-refractivity contribution is 7.21. The molecule has 0 atom stereocenters. The molecule has 0 unspecified atom stereocenters. The fraction of sp³-hybridized carbons (Fsp3) is 0.242. The molecular weight excluding hydrogens is 456 g/mol. The molecule has 36 heavy (non-hydrogen) atoms. The summed E-state index contributed by atoms with van der Waals surface area (Å²) in [5.41, 5.74) is 7.40.